The maximum atomic E-state index is 5.49. The molecule has 0 unspecified atom stereocenters. The predicted octanol–water partition coefficient (Wildman–Crippen LogP) is 14.1. The Balaban J connectivity index is 1.20. The molecule has 4 heteroatoms. The van der Waals surface area contributed by atoms with Crippen molar-refractivity contribution in [3.05, 3.63) is 235 Å². The Kier molecular flexibility index (Phi) is 7.38. The van der Waals surface area contributed by atoms with Crippen molar-refractivity contribution in [2.24, 2.45) is 0 Å². The third-order valence-corrected chi connectivity index (χ3v) is 13.2. The highest BCUT2D eigenvalue weighted by Gasteiger charge is 2.50. The minimum atomic E-state index is -0.598. The molecular formula is C54H35N3S. The molecule has 8 aromatic carbocycles. The first kappa shape index (κ1) is 33.0. The lowest BCUT2D eigenvalue weighted by atomic mass is 9.62. The molecule has 4 heterocycles. The number of hydrogen-bond acceptors (Lipinski definition) is 3. The van der Waals surface area contributed by atoms with Crippen LogP contribution in [-0.2, 0) is 5.41 Å². The van der Waals surface area contributed by atoms with E-state index in [4.69, 9.17) is 4.98 Å². The van der Waals surface area contributed by atoms with Crippen molar-refractivity contribution >= 4 is 50.6 Å². The van der Waals surface area contributed by atoms with Crippen LogP contribution in [0.4, 0.5) is 17.1 Å². The minimum Gasteiger partial charge on any atom is -0.310 e. The maximum absolute atomic E-state index is 5.49. The van der Waals surface area contributed by atoms with Crippen LogP contribution in [-0.4, -0.2) is 9.55 Å². The second kappa shape index (κ2) is 13.0. The van der Waals surface area contributed by atoms with Gasteiger partial charge in [-0.1, -0.05) is 163 Å². The van der Waals surface area contributed by atoms with Crippen molar-refractivity contribution in [3.63, 3.8) is 0 Å². The highest BCUT2D eigenvalue weighted by atomic mass is 32.2. The van der Waals surface area contributed by atoms with E-state index in [1.807, 2.05) is 11.8 Å². The molecule has 0 saturated carbocycles. The summed E-state index contributed by atoms with van der Waals surface area (Å²) in [6.07, 6.45) is 0. The van der Waals surface area contributed by atoms with E-state index in [1.165, 1.54) is 54.2 Å². The fraction of sp³-hybridized carbons (Fsp3) is 0.0185. The molecule has 3 nitrogen and oxygen atoms in total. The molecule has 0 saturated heterocycles. The van der Waals surface area contributed by atoms with Gasteiger partial charge in [-0.05, 0) is 94.0 Å². The predicted molar refractivity (Wildman–Crippen MR) is 240 cm³/mol. The Morgan fingerprint density at radius 2 is 0.983 bits per heavy atom. The van der Waals surface area contributed by atoms with E-state index in [2.05, 4.69) is 222 Å². The van der Waals surface area contributed by atoms with Gasteiger partial charge in [0.25, 0.3) is 0 Å². The van der Waals surface area contributed by atoms with Gasteiger partial charge < -0.3 is 4.90 Å². The summed E-state index contributed by atoms with van der Waals surface area (Å²) in [7, 11) is 0. The van der Waals surface area contributed by atoms with Crippen LogP contribution in [0.2, 0.25) is 0 Å². The van der Waals surface area contributed by atoms with E-state index in [-0.39, 0.29) is 0 Å². The zero-order chi connectivity index (χ0) is 38.2. The summed E-state index contributed by atoms with van der Waals surface area (Å²) in [5.41, 5.74) is 14.6. The van der Waals surface area contributed by atoms with Gasteiger partial charge in [0.15, 0.2) is 0 Å². The highest BCUT2D eigenvalue weighted by molar-refractivity contribution is 7.99. The van der Waals surface area contributed by atoms with E-state index in [9.17, 15) is 0 Å². The summed E-state index contributed by atoms with van der Waals surface area (Å²) in [5.74, 6) is 0.893. The Labute approximate surface area is 341 Å². The van der Waals surface area contributed by atoms with Crippen LogP contribution in [0, 0.1) is 0 Å². The van der Waals surface area contributed by atoms with Crippen LogP contribution >= 0.6 is 11.8 Å². The van der Waals surface area contributed by atoms with Gasteiger partial charge in [0.1, 0.15) is 5.82 Å². The lowest BCUT2D eigenvalue weighted by Gasteiger charge is -2.49. The highest BCUT2D eigenvalue weighted by Crippen LogP contribution is 2.63. The largest absolute Gasteiger partial charge is 0.310 e. The molecule has 2 aliphatic rings. The fourth-order valence-electron chi connectivity index (χ4n) is 9.62. The van der Waals surface area contributed by atoms with Gasteiger partial charge in [-0.15, -0.1) is 0 Å². The fourth-order valence-corrected chi connectivity index (χ4v) is 10.8. The summed E-state index contributed by atoms with van der Waals surface area (Å²) in [6, 6.07) is 77.4. The molecule has 0 aliphatic carbocycles. The summed E-state index contributed by atoms with van der Waals surface area (Å²) >= 11 is 1.89. The van der Waals surface area contributed by atoms with Crippen molar-refractivity contribution in [2.45, 2.75) is 15.2 Å². The first-order valence-electron chi connectivity index (χ1n) is 19.8. The van der Waals surface area contributed by atoms with Gasteiger partial charge in [0, 0.05) is 31.8 Å². The Morgan fingerprint density at radius 1 is 0.397 bits per heavy atom. The maximum Gasteiger partial charge on any atom is 0.138 e. The van der Waals surface area contributed by atoms with E-state index >= 15 is 0 Å². The van der Waals surface area contributed by atoms with E-state index in [0.29, 0.717) is 0 Å². The molecule has 0 amide bonds. The Bertz CT molecular complexity index is 3100. The number of pyridine rings is 1. The average molecular weight is 758 g/mol. The van der Waals surface area contributed by atoms with E-state index < -0.39 is 5.41 Å². The van der Waals surface area contributed by atoms with Crippen molar-refractivity contribution in [1.82, 2.24) is 9.55 Å². The van der Waals surface area contributed by atoms with Crippen molar-refractivity contribution < 1.29 is 0 Å². The van der Waals surface area contributed by atoms with Crippen LogP contribution in [0.25, 0.3) is 50.0 Å². The van der Waals surface area contributed by atoms with E-state index in [0.717, 1.165) is 44.9 Å². The van der Waals surface area contributed by atoms with Crippen LogP contribution < -0.4 is 4.90 Å². The third-order valence-electron chi connectivity index (χ3n) is 12.0. The minimum absolute atomic E-state index is 0.598. The van der Waals surface area contributed by atoms with Crippen LogP contribution in [0.3, 0.4) is 0 Å². The Hall–Kier alpha value is -7.14. The summed E-state index contributed by atoms with van der Waals surface area (Å²) in [4.78, 5) is 10.5. The smallest absolute Gasteiger partial charge is 0.138 e. The lowest BCUT2D eigenvalue weighted by molar-refractivity contribution is 0.693. The zero-order valence-electron chi connectivity index (χ0n) is 31.5. The molecule has 12 rings (SSSR count). The van der Waals surface area contributed by atoms with Crippen molar-refractivity contribution in [1.29, 1.82) is 0 Å². The van der Waals surface area contributed by atoms with Crippen molar-refractivity contribution in [3.8, 4) is 28.2 Å². The second-order valence-corrected chi connectivity index (χ2v) is 16.2. The number of rotatable bonds is 4. The Morgan fingerprint density at radius 3 is 1.71 bits per heavy atom. The SMILES string of the molecule is c1ccc(-c2cc(-c3ccccc3)nc(-n3c4ccccc4c4cc5c(cc43)C3(c4ccccc4S5)c4ccccc4N(c4ccccc4)c4ccccc43)c2)cc1. The first-order valence-corrected chi connectivity index (χ1v) is 20.6. The van der Waals surface area contributed by atoms with Crippen LogP contribution in [0.5, 0.6) is 0 Å². The van der Waals surface area contributed by atoms with Crippen LogP contribution in [0.15, 0.2) is 222 Å². The average Bonchev–Trinajstić information content (AvgIpc) is 3.62. The molecule has 0 bridgehead atoms. The molecule has 10 aromatic rings. The molecule has 2 aromatic heterocycles. The van der Waals surface area contributed by atoms with Crippen molar-refractivity contribution in [2.75, 3.05) is 4.90 Å². The monoisotopic (exact) mass is 757 g/mol. The molecule has 272 valence electrons. The number of hydrogen-bond donors (Lipinski definition) is 0. The zero-order valence-corrected chi connectivity index (χ0v) is 32.3. The second-order valence-electron chi connectivity index (χ2n) is 15.1. The number of nitrogens with zero attached hydrogens (tertiary/aromatic N) is 3. The van der Waals surface area contributed by atoms with Crippen LogP contribution in [0.1, 0.15) is 22.3 Å². The molecule has 1 spiro atoms. The number of aromatic nitrogens is 2. The molecule has 0 fully saturated rings. The molecule has 0 N–H and O–H groups in total. The number of para-hydroxylation sites is 4. The van der Waals surface area contributed by atoms with Gasteiger partial charge in [0.2, 0.25) is 0 Å². The summed E-state index contributed by atoms with van der Waals surface area (Å²) in [6.45, 7) is 0. The van der Waals surface area contributed by atoms with Gasteiger partial charge >= 0.3 is 0 Å². The molecular weight excluding hydrogens is 723 g/mol. The van der Waals surface area contributed by atoms with Gasteiger partial charge in [0.05, 0.1) is 33.5 Å². The summed E-state index contributed by atoms with van der Waals surface area (Å²) in [5, 5.41) is 2.43. The molecule has 0 atom stereocenters. The number of benzene rings is 8. The quantitative estimate of drug-likeness (QED) is 0.178. The van der Waals surface area contributed by atoms with Gasteiger partial charge in [-0.2, -0.15) is 0 Å². The first-order chi connectivity index (χ1) is 28.8. The standard InChI is InChI=1S/C54H35N3S/c1-4-18-36(19-5-1)38-32-46(37-20-6-2-7-21-37)55-53(33-38)57-47-28-14-10-24-40(47)41-34-52-45(35-50(41)57)54(44-27-13-17-31-51(44)58-52)42-25-11-15-29-48(42)56(39-22-8-3-9-23-39)49-30-16-12-26-43(49)54/h1-35H. The lowest BCUT2D eigenvalue weighted by Crippen LogP contribution is -2.39. The number of fused-ring (bicyclic) bond motifs is 11. The molecule has 2 aliphatic heterocycles. The molecule has 58 heavy (non-hydrogen) atoms. The normalized spacial score (nSPS) is 13.6. The van der Waals surface area contributed by atoms with E-state index in [1.54, 1.807) is 0 Å². The molecule has 0 radical (unpaired) electrons. The van der Waals surface area contributed by atoms with Gasteiger partial charge in [-0.3, -0.25) is 4.57 Å². The topological polar surface area (TPSA) is 21.1 Å². The summed E-state index contributed by atoms with van der Waals surface area (Å²) < 4.78 is 2.40. The number of anilines is 3. The van der Waals surface area contributed by atoms with Gasteiger partial charge in [-0.25, -0.2) is 4.98 Å². The third kappa shape index (κ3) is 4.79.